The molecule has 0 spiro atoms. The molecular weight excluding hydrogens is 370 g/mol. The lowest BCUT2D eigenvalue weighted by Crippen LogP contribution is -2.33. The Kier molecular flexibility index (Phi) is 4.21. The van der Waals surface area contributed by atoms with Crippen molar-refractivity contribution in [3.8, 4) is 0 Å². The van der Waals surface area contributed by atoms with Gasteiger partial charge in [-0.2, -0.15) is 0 Å². The van der Waals surface area contributed by atoms with Crippen LogP contribution in [0.15, 0.2) is 66.0 Å². The maximum absolute atomic E-state index is 13.4. The minimum Gasteiger partial charge on any atom is -0.378 e. The van der Waals surface area contributed by atoms with E-state index in [4.69, 9.17) is 0 Å². The first-order chi connectivity index (χ1) is 14.3. The van der Waals surface area contributed by atoms with Crippen molar-refractivity contribution in [3.63, 3.8) is 0 Å². The molecule has 2 aromatic carbocycles. The van der Waals surface area contributed by atoms with Gasteiger partial charge < -0.3 is 10.2 Å². The van der Waals surface area contributed by atoms with Crippen LogP contribution in [-0.4, -0.2) is 24.9 Å². The van der Waals surface area contributed by atoms with Gasteiger partial charge in [-0.3, -0.25) is 9.78 Å². The third-order valence-electron chi connectivity index (χ3n) is 6.35. The first-order valence-corrected chi connectivity index (χ1v) is 10.5. The van der Waals surface area contributed by atoms with E-state index >= 15 is 0 Å². The second-order valence-electron chi connectivity index (χ2n) is 9.47. The van der Waals surface area contributed by atoms with E-state index in [0.29, 0.717) is 6.42 Å². The van der Waals surface area contributed by atoms with Crippen LogP contribution in [-0.2, 0) is 4.79 Å². The second kappa shape index (κ2) is 6.69. The summed E-state index contributed by atoms with van der Waals surface area (Å²) in [6, 6.07) is 16.9. The first-order valence-electron chi connectivity index (χ1n) is 10.5. The van der Waals surface area contributed by atoms with Crippen molar-refractivity contribution in [2.75, 3.05) is 24.3 Å². The van der Waals surface area contributed by atoms with Gasteiger partial charge in [0.1, 0.15) is 0 Å². The van der Waals surface area contributed by atoms with Crippen LogP contribution in [0, 0.1) is 5.41 Å². The van der Waals surface area contributed by atoms with Crippen molar-refractivity contribution in [2.45, 2.75) is 32.6 Å². The minimum atomic E-state index is -0.0797. The number of carbonyl (C=O) groups is 1. The Morgan fingerprint density at radius 1 is 1.03 bits per heavy atom. The molecule has 0 bridgehead atoms. The third-order valence-corrected chi connectivity index (χ3v) is 6.35. The minimum absolute atomic E-state index is 0.0296. The molecule has 0 radical (unpaired) electrons. The highest BCUT2D eigenvalue weighted by Crippen LogP contribution is 2.50. The Bertz CT molecular complexity index is 1190. The van der Waals surface area contributed by atoms with E-state index in [-0.39, 0.29) is 17.1 Å². The zero-order chi connectivity index (χ0) is 21.0. The summed E-state index contributed by atoms with van der Waals surface area (Å²) >= 11 is 0. The van der Waals surface area contributed by atoms with Gasteiger partial charge in [-0.25, -0.2) is 0 Å². The van der Waals surface area contributed by atoms with Crippen LogP contribution in [0.2, 0.25) is 0 Å². The summed E-state index contributed by atoms with van der Waals surface area (Å²) in [7, 11) is 4.09. The van der Waals surface area contributed by atoms with Gasteiger partial charge in [0, 0.05) is 60.7 Å². The molecule has 0 fully saturated rings. The monoisotopic (exact) mass is 397 g/mol. The molecule has 0 saturated heterocycles. The van der Waals surface area contributed by atoms with Gasteiger partial charge in [0.05, 0.1) is 5.52 Å². The summed E-state index contributed by atoms with van der Waals surface area (Å²) in [5.74, 6) is 0.172. The molecule has 0 amide bonds. The number of benzene rings is 2. The summed E-state index contributed by atoms with van der Waals surface area (Å²) in [6.45, 7) is 4.36. The number of carbonyl (C=O) groups excluding carboxylic acids is 1. The third kappa shape index (κ3) is 2.98. The van der Waals surface area contributed by atoms with E-state index in [1.807, 2.05) is 26.4 Å². The Hall–Kier alpha value is -3.14. The first kappa shape index (κ1) is 18.9. The molecule has 0 saturated carbocycles. The smallest absolute Gasteiger partial charge is 0.162 e. The maximum Gasteiger partial charge on any atom is 0.162 e. The average Bonchev–Trinajstić information content (AvgIpc) is 2.71. The molecule has 30 heavy (non-hydrogen) atoms. The van der Waals surface area contributed by atoms with Gasteiger partial charge in [-0.1, -0.05) is 32.0 Å². The molecule has 1 aliphatic heterocycles. The van der Waals surface area contributed by atoms with Gasteiger partial charge >= 0.3 is 0 Å². The fourth-order valence-corrected chi connectivity index (χ4v) is 4.98. The van der Waals surface area contributed by atoms with Crippen LogP contribution in [0.25, 0.3) is 10.9 Å². The molecule has 152 valence electrons. The molecular formula is C26H27N3O. The summed E-state index contributed by atoms with van der Waals surface area (Å²) in [4.78, 5) is 20.1. The molecule has 0 unspecified atom stereocenters. The Morgan fingerprint density at radius 3 is 2.53 bits per heavy atom. The normalized spacial score (nSPS) is 19.9. The number of allylic oxidation sites excluding steroid dienone is 2. The number of hydrogen-bond acceptors (Lipinski definition) is 4. The molecule has 1 N–H and O–H groups in total. The molecule has 4 heteroatoms. The Morgan fingerprint density at radius 2 is 1.80 bits per heavy atom. The maximum atomic E-state index is 13.4. The molecule has 2 heterocycles. The summed E-state index contributed by atoms with van der Waals surface area (Å²) in [6.07, 6.45) is 3.29. The number of ketones is 1. The zero-order valence-corrected chi connectivity index (χ0v) is 18.0. The van der Waals surface area contributed by atoms with Gasteiger partial charge in [0.25, 0.3) is 0 Å². The van der Waals surface area contributed by atoms with Crippen molar-refractivity contribution in [2.24, 2.45) is 5.41 Å². The molecule has 3 aromatic rings. The van der Waals surface area contributed by atoms with Gasteiger partial charge in [0.2, 0.25) is 0 Å². The van der Waals surface area contributed by atoms with Crippen molar-refractivity contribution < 1.29 is 4.79 Å². The van der Waals surface area contributed by atoms with E-state index in [0.717, 1.165) is 51.1 Å². The number of nitrogens with one attached hydrogen (secondary N) is 1. The number of rotatable bonds is 2. The highest BCUT2D eigenvalue weighted by molar-refractivity contribution is 6.04. The molecule has 1 aliphatic carbocycles. The largest absolute Gasteiger partial charge is 0.378 e. The van der Waals surface area contributed by atoms with Crippen molar-refractivity contribution >= 4 is 28.1 Å². The number of anilines is 2. The molecule has 1 aromatic heterocycles. The molecule has 5 rings (SSSR count). The number of Topliss-reactive ketones (excluding diaryl/α,β-unsaturated/α-hetero) is 1. The van der Waals surface area contributed by atoms with E-state index in [2.05, 4.69) is 71.5 Å². The molecule has 1 atom stereocenters. The van der Waals surface area contributed by atoms with E-state index in [1.165, 1.54) is 0 Å². The lowest BCUT2D eigenvalue weighted by molar-refractivity contribution is -0.118. The number of nitrogens with zero attached hydrogens (tertiary/aromatic N) is 2. The van der Waals surface area contributed by atoms with Crippen LogP contribution in [0.3, 0.4) is 0 Å². The second-order valence-corrected chi connectivity index (χ2v) is 9.47. The van der Waals surface area contributed by atoms with Gasteiger partial charge in [-0.05, 0) is 53.3 Å². The lowest BCUT2D eigenvalue weighted by Gasteiger charge is -2.40. The molecule has 4 nitrogen and oxygen atoms in total. The fraction of sp³-hybridized carbons (Fsp3) is 0.308. The van der Waals surface area contributed by atoms with Crippen LogP contribution in [0.4, 0.5) is 11.4 Å². The highest BCUT2D eigenvalue weighted by Gasteiger charge is 2.41. The SMILES string of the molecule is CN(C)c1ccc([C@H]2C3=C(CC(C)(C)CC3=O)Nc3ccc4ncccc4c32)cc1. The van der Waals surface area contributed by atoms with Crippen LogP contribution in [0.1, 0.15) is 43.7 Å². The van der Waals surface area contributed by atoms with Crippen molar-refractivity contribution in [3.05, 3.63) is 77.1 Å². The number of fused-ring (bicyclic) bond motifs is 3. The average molecular weight is 398 g/mol. The van der Waals surface area contributed by atoms with Gasteiger partial charge in [0.15, 0.2) is 5.78 Å². The summed E-state index contributed by atoms with van der Waals surface area (Å²) in [5.41, 5.74) is 7.48. The topological polar surface area (TPSA) is 45.2 Å². The van der Waals surface area contributed by atoms with E-state index in [9.17, 15) is 4.79 Å². The lowest BCUT2D eigenvalue weighted by atomic mass is 9.68. The number of pyridine rings is 1. The van der Waals surface area contributed by atoms with Crippen LogP contribution in [0.5, 0.6) is 0 Å². The number of aromatic nitrogens is 1. The van der Waals surface area contributed by atoms with E-state index < -0.39 is 0 Å². The van der Waals surface area contributed by atoms with Crippen molar-refractivity contribution in [1.82, 2.24) is 4.98 Å². The quantitative estimate of drug-likeness (QED) is 0.620. The summed E-state index contributed by atoms with van der Waals surface area (Å²) in [5, 5.41) is 4.73. The van der Waals surface area contributed by atoms with Crippen LogP contribution < -0.4 is 10.2 Å². The molecule has 2 aliphatic rings. The standard InChI is InChI=1S/C26H27N3O/c1-26(2)14-21-25(22(30)15-26)23(16-7-9-17(10-8-16)29(3)4)24-18-6-5-13-27-19(18)11-12-20(24)28-21/h5-13,23,28H,14-15H2,1-4H3/t23-/m1/s1. The van der Waals surface area contributed by atoms with Crippen molar-refractivity contribution in [1.29, 1.82) is 0 Å². The van der Waals surface area contributed by atoms with Gasteiger partial charge in [-0.15, -0.1) is 0 Å². The number of hydrogen-bond donors (Lipinski definition) is 1. The predicted molar refractivity (Wildman–Crippen MR) is 123 cm³/mol. The highest BCUT2D eigenvalue weighted by atomic mass is 16.1. The zero-order valence-electron chi connectivity index (χ0n) is 18.0. The van der Waals surface area contributed by atoms with Crippen LogP contribution >= 0.6 is 0 Å². The van der Waals surface area contributed by atoms with E-state index in [1.54, 1.807) is 0 Å². The Labute approximate surface area is 177 Å². The predicted octanol–water partition coefficient (Wildman–Crippen LogP) is 5.50. The fourth-order valence-electron chi connectivity index (χ4n) is 4.98. The summed E-state index contributed by atoms with van der Waals surface area (Å²) < 4.78 is 0. The Balaban J connectivity index is 1.77.